The number of aliphatic carboxylic acids is 1. The molecule has 0 aromatic carbocycles. The van der Waals surface area contributed by atoms with Crippen molar-refractivity contribution in [2.45, 2.75) is 64.8 Å². The molecule has 29 heavy (non-hydrogen) atoms. The van der Waals surface area contributed by atoms with Crippen LogP contribution in [0.4, 0.5) is 4.79 Å². The van der Waals surface area contributed by atoms with Gasteiger partial charge in [-0.2, -0.15) is 11.8 Å². The van der Waals surface area contributed by atoms with Gasteiger partial charge in [0.1, 0.15) is 28.8 Å². The molecule has 0 heterocycles. The topological polar surface area (TPSA) is 164 Å². The third-order valence-corrected chi connectivity index (χ3v) is 4.04. The van der Waals surface area contributed by atoms with E-state index in [4.69, 9.17) is 15.0 Å². The van der Waals surface area contributed by atoms with Crippen molar-refractivity contribution in [1.29, 1.82) is 5.53 Å². The fourth-order valence-electron chi connectivity index (χ4n) is 1.77. The summed E-state index contributed by atoms with van der Waals surface area (Å²) in [7, 11) is 0. The van der Waals surface area contributed by atoms with Crippen LogP contribution in [-0.2, 0) is 19.1 Å². The van der Waals surface area contributed by atoms with Crippen molar-refractivity contribution in [3.63, 3.8) is 0 Å². The second-order valence-electron chi connectivity index (χ2n) is 8.06. The number of amides is 2. The van der Waals surface area contributed by atoms with E-state index < -0.39 is 41.3 Å². The number of carboxylic acids is 1. The standard InChI is InChI=1S/C17H31N5O6S/c1-16(2,3)27-9-11(14(24)25)20-13(23)12(10-29-8-7-19-22-18)21-15(26)28-17(4,5)6/h11-12,18H,7-10H2,1-6H3,(H2-,20,21,23,24,25,26)/p+1. The van der Waals surface area contributed by atoms with E-state index in [1.165, 1.54) is 11.8 Å². The lowest BCUT2D eigenvalue weighted by Gasteiger charge is -2.26. The fraction of sp³-hybridized carbons (Fsp3) is 0.824. The smallest absolute Gasteiger partial charge is 0.408 e. The van der Waals surface area contributed by atoms with Gasteiger partial charge in [-0.25, -0.2) is 9.59 Å². The normalized spacial score (nSPS) is 13.6. The number of alkyl carbamates (subject to hydrolysis) is 1. The molecule has 0 spiro atoms. The molecule has 0 aliphatic carbocycles. The Morgan fingerprint density at radius 1 is 1.10 bits per heavy atom. The Balaban J connectivity index is 5.08. The molecule has 0 radical (unpaired) electrons. The van der Waals surface area contributed by atoms with Gasteiger partial charge in [-0.15, -0.1) is 0 Å². The molecule has 2 atom stereocenters. The third-order valence-electron chi connectivity index (χ3n) is 3.00. The van der Waals surface area contributed by atoms with Crippen molar-refractivity contribution in [2.24, 2.45) is 5.11 Å². The fourth-order valence-corrected chi connectivity index (χ4v) is 2.62. The van der Waals surface area contributed by atoms with Crippen LogP contribution in [0.1, 0.15) is 41.5 Å². The molecular weight excluding hydrogens is 402 g/mol. The quantitative estimate of drug-likeness (QED) is 0.217. The number of carboxylic acid groups (broad SMARTS) is 1. The zero-order chi connectivity index (χ0) is 22.7. The highest BCUT2D eigenvalue weighted by atomic mass is 32.2. The van der Waals surface area contributed by atoms with Crippen LogP contribution >= 0.6 is 11.8 Å². The van der Waals surface area contributed by atoms with E-state index in [0.29, 0.717) is 5.75 Å². The van der Waals surface area contributed by atoms with Crippen molar-refractivity contribution in [3.05, 3.63) is 0 Å². The van der Waals surface area contributed by atoms with E-state index in [-0.39, 0.29) is 18.9 Å². The van der Waals surface area contributed by atoms with E-state index in [9.17, 15) is 19.5 Å². The summed E-state index contributed by atoms with van der Waals surface area (Å²) in [5, 5.41) is 17.7. The Kier molecular flexibility index (Phi) is 11.5. The van der Waals surface area contributed by atoms with Crippen LogP contribution in [0, 0.1) is 5.53 Å². The largest absolute Gasteiger partial charge is 0.480 e. The molecule has 0 saturated heterocycles. The highest BCUT2D eigenvalue weighted by molar-refractivity contribution is 7.99. The zero-order valence-corrected chi connectivity index (χ0v) is 18.6. The number of nitrogens with zero attached hydrogens (tertiary/aromatic N) is 2. The third kappa shape index (κ3) is 14.5. The first-order valence-corrected chi connectivity index (χ1v) is 10.2. The minimum Gasteiger partial charge on any atom is -0.480 e. The Hall–Kier alpha value is -2.17. The average molecular weight is 435 g/mol. The van der Waals surface area contributed by atoms with Gasteiger partial charge in [0.2, 0.25) is 10.8 Å². The average Bonchev–Trinajstić information content (AvgIpc) is 2.54. The number of rotatable bonds is 11. The maximum absolute atomic E-state index is 12.6. The molecule has 2 unspecified atom stereocenters. The molecule has 0 aromatic heterocycles. The van der Waals surface area contributed by atoms with E-state index in [1.54, 1.807) is 41.5 Å². The lowest BCUT2D eigenvalue weighted by atomic mass is 10.2. The number of hydrogen-bond acceptors (Lipinski definition) is 8. The van der Waals surface area contributed by atoms with Crippen LogP contribution in [-0.4, -0.2) is 71.0 Å². The highest BCUT2D eigenvalue weighted by Gasteiger charge is 2.29. The summed E-state index contributed by atoms with van der Waals surface area (Å²) in [5.41, 5.74) is 5.28. The summed E-state index contributed by atoms with van der Waals surface area (Å²) < 4.78 is 10.6. The summed E-state index contributed by atoms with van der Waals surface area (Å²) in [6, 6.07) is -2.30. The Morgan fingerprint density at radius 3 is 2.21 bits per heavy atom. The van der Waals surface area contributed by atoms with E-state index in [2.05, 4.69) is 20.7 Å². The molecule has 0 fully saturated rings. The number of thioether (sulfide) groups is 1. The molecule has 0 aliphatic rings. The summed E-state index contributed by atoms with van der Waals surface area (Å²) in [4.78, 5) is 39.0. The number of hydrogen-bond donors (Lipinski definition) is 4. The maximum atomic E-state index is 12.6. The molecule has 0 aliphatic heterocycles. The number of carbonyl (C=O) groups is 3. The summed E-state index contributed by atoms with van der Waals surface area (Å²) in [6.45, 7) is 10.4. The minimum atomic E-state index is -1.27. The van der Waals surface area contributed by atoms with E-state index in [0.717, 1.165) is 0 Å². The van der Waals surface area contributed by atoms with Crippen molar-refractivity contribution in [1.82, 2.24) is 15.5 Å². The van der Waals surface area contributed by atoms with E-state index in [1.807, 2.05) is 0 Å². The first kappa shape index (κ1) is 26.8. The van der Waals surface area contributed by atoms with Gasteiger partial charge in [0.05, 0.1) is 12.2 Å². The number of nitrogens with one attached hydrogen (secondary N) is 3. The summed E-state index contributed by atoms with van der Waals surface area (Å²) in [6.07, 6.45) is -0.790. The summed E-state index contributed by atoms with van der Waals surface area (Å²) in [5.74, 6) is -1.29. The minimum absolute atomic E-state index is 0.158. The van der Waals surface area contributed by atoms with Crippen molar-refractivity contribution in [2.75, 3.05) is 24.7 Å². The van der Waals surface area contributed by atoms with Gasteiger partial charge in [-0.05, 0) is 41.5 Å². The van der Waals surface area contributed by atoms with Crippen molar-refractivity contribution < 1.29 is 29.0 Å². The maximum Gasteiger partial charge on any atom is 0.408 e. The van der Waals surface area contributed by atoms with Gasteiger partial charge in [-0.3, -0.25) is 4.79 Å². The molecule has 12 heteroatoms. The molecule has 0 saturated carbocycles. The lowest BCUT2D eigenvalue weighted by molar-refractivity contribution is -0.145. The van der Waals surface area contributed by atoms with Crippen LogP contribution in [0.15, 0.2) is 5.11 Å². The molecule has 0 bridgehead atoms. The molecule has 0 aromatic rings. The molecule has 4 N–H and O–H groups in total. The predicted molar refractivity (Wildman–Crippen MR) is 108 cm³/mol. The van der Waals surface area contributed by atoms with Gasteiger partial charge in [-0.1, -0.05) is 0 Å². The van der Waals surface area contributed by atoms with Gasteiger partial charge >= 0.3 is 12.1 Å². The van der Waals surface area contributed by atoms with Crippen LogP contribution < -0.4 is 15.5 Å². The van der Waals surface area contributed by atoms with Crippen molar-refractivity contribution >= 4 is 29.7 Å². The molecule has 2 amide bonds. The monoisotopic (exact) mass is 434 g/mol. The molecule has 11 nitrogen and oxygen atoms in total. The van der Waals surface area contributed by atoms with Crippen LogP contribution in [0.2, 0.25) is 0 Å². The van der Waals surface area contributed by atoms with Crippen molar-refractivity contribution in [3.8, 4) is 0 Å². The molecular formula is C17H32N5O6S+. The Bertz CT molecular complexity index is 610. The lowest BCUT2D eigenvalue weighted by Crippen LogP contribution is -2.54. The second kappa shape index (κ2) is 12.4. The summed E-state index contributed by atoms with van der Waals surface area (Å²) >= 11 is 1.30. The first-order chi connectivity index (χ1) is 13.2. The van der Waals surface area contributed by atoms with Gasteiger partial charge in [0, 0.05) is 11.5 Å². The molecule has 0 rings (SSSR count). The van der Waals surface area contributed by atoms with Crippen LogP contribution in [0.25, 0.3) is 0 Å². The second-order valence-corrected chi connectivity index (χ2v) is 9.21. The zero-order valence-electron chi connectivity index (χ0n) is 17.8. The predicted octanol–water partition coefficient (Wildman–Crippen LogP) is 1.55. The van der Waals surface area contributed by atoms with Gasteiger partial charge < -0.3 is 25.2 Å². The van der Waals surface area contributed by atoms with Gasteiger partial charge in [0.25, 0.3) is 0 Å². The Morgan fingerprint density at radius 2 is 1.72 bits per heavy atom. The Labute approximate surface area is 174 Å². The highest BCUT2D eigenvalue weighted by Crippen LogP contribution is 2.10. The number of carbonyl (C=O) groups excluding carboxylic acids is 2. The first-order valence-electron chi connectivity index (χ1n) is 9.03. The van der Waals surface area contributed by atoms with E-state index >= 15 is 0 Å². The van der Waals surface area contributed by atoms with Crippen LogP contribution in [0.5, 0.6) is 0 Å². The van der Waals surface area contributed by atoms with Crippen LogP contribution in [0.3, 0.4) is 0 Å². The SMILES string of the molecule is CC(C)(C)OCC(NC(=O)C(CSCCN=[N+]=N)NC(=O)OC(C)(C)C)C(=O)O. The van der Waals surface area contributed by atoms with Gasteiger partial charge in [0.15, 0.2) is 6.04 Å². The number of ether oxygens (including phenoxy) is 2. The molecule has 166 valence electrons.